The Morgan fingerprint density at radius 1 is 1.00 bits per heavy atom. The standard InChI is InChI=1S/C26H26N4O6/c31-25(28-21-7-9-22(10-8-21)29-12-14-35-15-13-29)18-36-26(32)20-6-11-23(24(16-20)30(33)34)27-17-19-4-2-1-3-5-19/h1-11,16,27H,12-15,17-18H2,(H,28,31). The Morgan fingerprint density at radius 2 is 1.72 bits per heavy atom. The van der Waals surface area contributed by atoms with Crippen LogP contribution in [-0.2, 0) is 20.8 Å². The summed E-state index contributed by atoms with van der Waals surface area (Å²) >= 11 is 0. The number of rotatable bonds is 9. The number of benzene rings is 3. The minimum atomic E-state index is -0.828. The number of nitrogens with one attached hydrogen (secondary N) is 2. The highest BCUT2D eigenvalue weighted by Crippen LogP contribution is 2.26. The quantitative estimate of drug-likeness (QED) is 0.264. The molecule has 1 heterocycles. The summed E-state index contributed by atoms with van der Waals surface area (Å²) < 4.78 is 10.4. The molecule has 2 N–H and O–H groups in total. The number of hydrogen-bond acceptors (Lipinski definition) is 8. The minimum Gasteiger partial charge on any atom is -0.452 e. The van der Waals surface area contributed by atoms with Crippen LogP contribution in [-0.4, -0.2) is 49.7 Å². The third-order valence-corrected chi connectivity index (χ3v) is 5.62. The van der Waals surface area contributed by atoms with Crippen LogP contribution < -0.4 is 15.5 Å². The van der Waals surface area contributed by atoms with Crippen molar-refractivity contribution in [1.82, 2.24) is 0 Å². The summed E-state index contributed by atoms with van der Waals surface area (Å²) in [5, 5.41) is 17.2. The highest BCUT2D eigenvalue weighted by molar-refractivity contribution is 5.96. The van der Waals surface area contributed by atoms with Crippen LogP contribution in [0, 0.1) is 10.1 Å². The molecule has 4 rings (SSSR count). The van der Waals surface area contributed by atoms with Crippen molar-refractivity contribution in [3.05, 3.63) is 94.0 Å². The molecule has 186 valence electrons. The molecule has 1 saturated heterocycles. The number of morpholine rings is 1. The lowest BCUT2D eigenvalue weighted by molar-refractivity contribution is -0.384. The molecule has 1 amide bonds. The summed E-state index contributed by atoms with van der Waals surface area (Å²) in [5.74, 6) is -1.34. The summed E-state index contributed by atoms with van der Waals surface area (Å²) in [6, 6.07) is 20.8. The van der Waals surface area contributed by atoms with Gasteiger partial charge in [0.25, 0.3) is 11.6 Å². The van der Waals surface area contributed by atoms with Gasteiger partial charge in [-0.2, -0.15) is 0 Å². The molecule has 0 aliphatic carbocycles. The lowest BCUT2D eigenvalue weighted by Crippen LogP contribution is -2.36. The average molecular weight is 491 g/mol. The van der Waals surface area contributed by atoms with Gasteiger partial charge in [-0.05, 0) is 42.0 Å². The minimum absolute atomic E-state index is 0.0189. The zero-order valence-electron chi connectivity index (χ0n) is 19.5. The molecule has 10 nitrogen and oxygen atoms in total. The molecule has 1 aliphatic heterocycles. The smallest absolute Gasteiger partial charge is 0.338 e. The Labute approximate surface area is 208 Å². The Balaban J connectivity index is 1.30. The second kappa shape index (κ2) is 11.8. The molecule has 0 unspecified atom stereocenters. The molecular formula is C26H26N4O6. The van der Waals surface area contributed by atoms with Crippen LogP contribution in [0.5, 0.6) is 0 Å². The molecule has 0 atom stereocenters. The van der Waals surface area contributed by atoms with Gasteiger partial charge in [0.1, 0.15) is 5.69 Å². The first-order valence-electron chi connectivity index (χ1n) is 11.5. The molecule has 0 spiro atoms. The Hall–Kier alpha value is -4.44. The van der Waals surface area contributed by atoms with Gasteiger partial charge in [0, 0.05) is 37.1 Å². The van der Waals surface area contributed by atoms with Gasteiger partial charge in [-0.1, -0.05) is 30.3 Å². The predicted octanol–water partition coefficient (Wildman–Crippen LogP) is 3.84. The second-order valence-electron chi connectivity index (χ2n) is 8.10. The van der Waals surface area contributed by atoms with Crippen molar-refractivity contribution in [3.8, 4) is 0 Å². The number of amides is 1. The summed E-state index contributed by atoms with van der Waals surface area (Å²) in [6.45, 7) is 2.85. The molecule has 1 fully saturated rings. The molecule has 3 aromatic carbocycles. The zero-order chi connectivity index (χ0) is 25.3. The van der Waals surface area contributed by atoms with E-state index in [1.165, 1.54) is 12.1 Å². The van der Waals surface area contributed by atoms with Gasteiger partial charge in [0.05, 0.1) is 23.7 Å². The summed E-state index contributed by atoms with van der Waals surface area (Å²) in [6.07, 6.45) is 0. The van der Waals surface area contributed by atoms with E-state index in [4.69, 9.17) is 9.47 Å². The Kier molecular flexibility index (Phi) is 8.09. The Bertz CT molecular complexity index is 1210. The van der Waals surface area contributed by atoms with Gasteiger partial charge in [0.15, 0.2) is 6.61 Å². The first kappa shape index (κ1) is 24.7. The molecule has 1 aliphatic rings. The van der Waals surface area contributed by atoms with Crippen molar-refractivity contribution < 1.29 is 24.0 Å². The SMILES string of the molecule is O=C(COC(=O)c1ccc(NCc2ccccc2)c([N+](=O)[O-])c1)Nc1ccc(N2CCOCC2)cc1. The molecule has 0 saturated carbocycles. The molecule has 3 aromatic rings. The van der Waals surface area contributed by atoms with Crippen LogP contribution in [0.15, 0.2) is 72.8 Å². The van der Waals surface area contributed by atoms with E-state index in [9.17, 15) is 19.7 Å². The fourth-order valence-electron chi connectivity index (χ4n) is 3.74. The van der Waals surface area contributed by atoms with Gasteiger partial charge in [-0.25, -0.2) is 4.79 Å². The van der Waals surface area contributed by atoms with Crippen molar-refractivity contribution in [3.63, 3.8) is 0 Å². The van der Waals surface area contributed by atoms with Gasteiger partial charge >= 0.3 is 5.97 Å². The maximum absolute atomic E-state index is 12.4. The van der Waals surface area contributed by atoms with Crippen LogP contribution in [0.25, 0.3) is 0 Å². The number of esters is 1. The Morgan fingerprint density at radius 3 is 2.42 bits per heavy atom. The molecule has 36 heavy (non-hydrogen) atoms. The number of nitro groups is 1. The zero-order valence-corrected chi connectivity index (χ0v) is 19.5. The largest absolute Gasteiger partial charge is 0.452 e. The molecule has 0 radical (unpaired) electrons. The van der Waals surface area contributed by atoms with E-state index in [2.05, 4.69) is 15.5 Å². The first-order chi connectivity index (χ1) is 17.5. The van der Waals surface area contributed by atoms with E-state index >= 15 is 0 Å². The average Bonchev–Trinajstić information content (AvgIpc) is 2.92. The van der Waals surface area contributed by atoms with Gasteiger partial charge in [-0.15, -0.1) is 0 Å². The normalized spacial score (nSPS) is 13.1. The number of carbonyl (C=O) groups is 2. The number of nitro benzene ring substituents is 1. The monoisotopic (exact) mass is 490 g/mol. The van der Waals surface area contributed by atoms with E-state index in [-0.39, 0.29) is 16.9 Å². The van der Waals surface area contributed by atoms with Crippen LogP contribution in [0.2, 0.25) is 0 Å². The fourth-order valence-corrected chi connectivity index (χ4v) is 3.74. The molecule has 0 bridgehead atoms. The molecular weight excluding hydrogens is 464 g/mol. The fraction of sp³-hybridized carbons (Fsp3) is 0.231. The van der Waals surface area contributed by atoms with E-state index in [1.807, 2.05) is 42.5 Å². The van der Waals surface area contributed by atoms with E-state index < -0.39 is 23.4 Å². The highest BCUT2D eigenvalue weighted by atomic mass is 16.6. The predicted molar refractivity (Wildman–Crippen MR) is 135 cm³/mol. The maximum atomic E-state index is 12.4. The first-order valence-corrected chi connectivity index (χ1v) is 11.5. The number of carbonyl (C=O) groups excluding carboxylic acids is 2. The summed E-state index contributed by atoms with van der Waals surface area (Å²) in [4.78, 5) is 37.8. The lowest BCUT2D eigenvalue weighted by atomic mass is 10.1. The van der Waals surface area contributed by atoms with Crippen molar-refractivity contribution >= 4 is 34.6 Å². The van der Waals surface area contributed by atoms with Crippen molar-refractivity contribution in [2.24, 2.45) is 0 Å². The summed E-state index contributed by atoms with van der Waals surface area (Å²) in [7, 11) is 0. The van der Waals surface area contributed by atoms with Crippen molar-refractivity contribution in [1.29, 1.82) is 0 Å². The number of hydrogen-bond donors (Lipinski definition) is 2. The van der Waals surface area contributed by atoms with Crippen molar-refractivity contribution in [2.45, 2.75) is 6.54 Å². The second-order valence-corrected chi connectivity index (χ2v) is 8.10. The van der Waals surface area contributed by atoms with Gasteiger partial charge in [-0.3, -0.25) is 14.9 Å². The van der Waals surface area contributed by atoms with E-state index in [1.54, 1.807) is 12.1 Å². The third kappa shape index (κ3) is 6.57. The van der Waals surface area contributed by atoms with E-state index in [0.29, 0.717) is 25.4 Å². The third-order valence-electron chi connectivity index (χ3n) is 5.62. The van der Waals surface area contributed by atoms with Gasteiger partial charge in [0.2, 0.25) is 0 Å². The number of anilines is 3. The topological polar surface area (TPSA) is 123 Å². The summed E-state index contributed by atoms with van der Waals surface area (Å²) in [5.41, 5.74) is 2.55. The molecule has 0 aromatic heterocycles. The number of nitrogens with zero attached hydrogens (tertiary/aromatic N) is 2. The maximum Gasteiger partial charge on any atom is 0.338 e. The molecule has 10 heteroatoms. The van der Waals surface area contributed by atoms with Crippen LogP contribution in [0.3, 0.4) is 0 Å². The van der Waals surface area contributed by atoms with Gasteiger partial charge < -0.3 is 25.0 Å². The lowest BCUT2D eigenvalue weighted by Gasteiger charge is -2.28. The van der Waals surface area contributed by atoms with Crippen molar-refractivity contribution in [2.75, 3.05) is 48.4 Å². The van der Waals surface area contributed by atoms with E-state index in [0.717, 1.165) is 30.4 Å². The number of ether oxygens (including phenoxy) is 2. The van der Waals surface area contributed by atoms with Crippen LogP contribution in [0.4, 0.5) is 22.7 Å². The van der Waals surface area contributed by atoms with Crippen LogP contribution in [0.1, 0.15) is 15.9 Å². The highest BCUT2D eigenvalue weighted by Gasteiger charge is 2.19. The van der Waals surface area contributed by atoms with Crippen LogP contribution >= 0.6 is 0 Å².